The van der Waals surface area contributed by atoms with Crippen molar-refractivity contribution >= 4 is 28.9 Å². The van der Waals surface area contributed by atoms with Gasteiger partial charge in [-0.15, -0.1) is 0 Å². The Morgan fingerprint density at radius 2 is 1.92 bits per heavy atom. The Morgan fingerprint density at radius 3 is 2.52 bits per heavy atom. The van der Waals surface area contributed by atoms with Gasteiger partial charge in [-0.05, 0) is 18.9 Å². The molecule has 136 valence electrons. The number of halogens is 1. The monoisotopic (exact) mass is 366 g/mol. The molecule has 1 N–H and O–H groups in total. The summed E-state index contributed by atoms with van der Waals surface area (Å²) in [6.45, 7) is 4.11. The Bertz CT molecular complexity index is 641. The van der Waals surface area contributed by atoms with Gasteiger partial charge in [-0.1, -0.05) is 24.4 Å². The van der Waals surface area contributed by atoms with Gasteiger partial charge in [-0.25, -0.2) is 0 Å². The Balaban J connectivity index is 1.47. The average Bonchev–Trinajstić information content (AvgIpc) is 3.11. The van der Waals surface area contributed by atoms with Crippen LogP contribution < -0.4 is 5.32 Å². The number of benzene rings is 1. The molecule has 2 fully saturated rings. The third kappa shape index (κ3) is 4.68. The van der Waals surface area contributed by atoms with Crippen LogP contribution in [-0.2, 0) is 4.79 Å². The predicted octanol–water partition coefficient (Wildman–Crippen LogP) is 2.75. The molecule has 2 aliphatic rings. The number of carbonyl (C=O) groups excluding carboxylic acids is 1. The van der Waals surface area contributed by atoms with Crippen molar-refractivity contribution in [3.8, 4) is 0 Å². The first-order valence-electron chi connectivity index (χ1n) is 8.73. The van der Waals surface area contributed by atoms with Gasteiger partial charge < -0.3 is 5.32 Å². The number of non-ortho nitro benzene ring substituents is 1. The van der Waals surface area contributed by atoms with Gasteiger partial charge in [-0.2, -0.15) is 0 Å². The SMILES string of the molecule is O=C(CN1CCN(C2CCCC2)CC1)Nc1ccc([N+](=O)[O-])cc1Cl. The van der Waals surface area contributed by atoms with Crippen LogP contribution in [0.1, 0.15) is 25.7 Å². The number of nitrogens with zero attached hydrogens (tertiary/aromatic N) is 3. The number of amides is 1. The third-order valence-corrected chi connectivity index (χ3v) is 5.37. The van der Waals surface area contributed by atoms with E-state index in [-0.39, 0.29) is 16.6 Å². The highest BCUT2D eigenvalue weighted by molar-refractivity contribution is 6.34. The first-order valence-corrected chi connectivity index (χ1v) is 9.11. The van der Waals surface area contributed by atoms with Crippen LogP contribution in [0.2, 0.25) is 5.02 Å². The number of hydrogen-bond acceptors (Lipinski definition) is 5. The zero-order valence-electron chi connectivity index (χ0n) is 14.1. The molecule has 1 saturated heterocycles. The molecule has 0 aromatic heterocycles. The quantitative estimate of drug-likeness (QED) is 0.640. The molecule has 8 heteroatoms. The predicted molar refractivity (Wildman–Crippen MR) is 97.0 cm³/mol. The van der Waals surface area contributed by atoms with Crippen LogP contribution in [0.5, 0.6) is 0 Å². The topological polar surface area (TPSA) is 78.7 Å². The maximum atomic E-state index is 12.2. The molecule has 3 rings (SSSR count). The van der Waals surface area contributed by atoms with Crippen LogP contribution in [0, 0.1) is 10.1 Å². The smallest absolute Gasteiger partial charge is 0.271 e. The van der Waals surface area contributed by atoms with Crippen molar-refractivity contribution in [1.82, 2.24) is 9.80 Å². The van der Waals surface area contributed by atoms with E-state index >= 15 is 0 Å². The molecule has 0 unspecified atom stereocenters. The second-order valence-corrected chi connectivity index (χ2v) is 7.13. The summed E-state index contributed by atoms with van der Waals surface area (Å²) in [5.41, 5.74) is 0.313. The number of hydrogen-bond donors (Lipinski definition) is 1. The first kappa shape index (κ1) is 18.1. The molecule has 0 bridgehead atoms. The van der Waals surface area contributed by atoms with Gasteiger partial charge in [0.25, 0.3) is 5.69 Å². The number of nitro benzene ring substituents is 1. The lowest BCUT2D eigenvalue weighted by Crippen LogP contribution is -2.51. The molecule has 0 atom stereocenters. The highest BCUT2D eigenvalue weighted by atomic mass is 35.5. The maximum absolute atomic E-state index is 12.2. The third-order valence-electron chi connectivity index (χ3n) is 5.05. The van der Waals surface area contributed by atoms with E-state index in [1.807, 2.05) is 0 Å². The van der Waals surface area contributed by atoms with Crippen LogP contribution >= 0.6 is 11.6 Å². The lowest BCUT2D eigenvalue weighted by atomic mass is 10.2. The fraction of sp³-hybridized carbons (Fsp3) is 0.588. The minimum Gasteiger partial charge on any atom is -0.324 e. The summed E-state index contributed by atoms with van der Waals surface area (Å²) in [4.78, 5) is 27.1. The van der Waals surface area contributed by atoms with Crippen LogP contribution in [-0.4, -0.2) is 59.4 Å². The zero-order valence-corrected chi connectivity index (χ0v) is 14.9. The van der Waals surface area contributed by atoms with Crippen molar-refractivity contribution in [1.29, 1.82) is 0 Å². The van der Waals surface area contributed by atoms with Gasteiger partial charge in [0, 0.05) is 44.4 Å². The van der Waals surface area contributed by atoms with Crippen LogP contribution in [0.4, 0.5) is 11.4 Å². The molecule has 7 nitrogen and oxygen atoms in total. The molecule has 1 heterocycles. The maximum Gasteiger partial charge on any atom is 0.271 e. The molecule has 0 radical (unpaired) electrons. The van der Waals surface area contributed by atoms with Crippen molar-refractivity contribution in [2.45, 2.75) is 31.7 Å². The zero-order chi connectivity index (χ0) is 17.8. The molecule has 1 aromatic rings. The fourth-order valence-electron chi connectivity index (χ4n) is 3.67. The lowest BCUT2D eigenvalue weighted by Gasteiger charge is -2.37. The number of nitro groups is 1. The Kier molecular flexibility index (Phi) is 5.88. The molecule has 0 spiro atoms. The summed E-state index contributed by atoms with van der Waals surface area (Å²) in [6.07, 6.45) is 5.28. The van der Waals surface area contributed by atoms with E-state index in [1.54, 1.807) is 0 Å². The number of nitrogens with one attached hydrogen (secondary N) is 1. The second-order valence-electron chi connectivity index (χ2n) is 6.72. The van der Waals surface area contributed by atoms with Crippen LogP contribution in [0.25, 0.3) is 0 Å². The molecule has 1 saturated carbocycles. The summed E-state index contributed by atoms with van der Waals surface area (Å²) in [5, 5.41) is 13.6. The Morgan fingerprint density at radius 1 is 1.24 bits per heavy atom. The minimum atomic E-state index is -0.513. The number of piperazine rings is 1. The summed E-state index contributed by atoms with van der Waals surface area (Å²) in [7, 11) is 0. The average molecular weight is 367 g/mol. The number of anilines is 1. The molecule has 1 aromatic carbocycles. The van der Waals surface area contributed by atoms with E-state index in [0.717, 1.165) is 32.2 Å². The van der Waals surface area contributed by atoms with Gasteiger partial charge >= 0.3 is 0 Å². The van der Waals surface area contributed by atoms with Gasteiger partial charge in [0.1, 0.15) is 0 Å². The van der Waals surface area contributed by atoms with E-state index in [4.69, 9.17) is 11.6 Å². The van der Waals surface area contributed by atoms with Crippen LogP contribution in [0.15, 0.2) is 18.2 Å². The summed E-state index contributed by atoms with van der Waals surface area (Å²) in [6, 6.07) is 4.78. The highest BCUT2D eigenvalue weighted by Crippen LogP contribution is 2.27. The van der Waals surface area contributed by atoms with E-state index < -0.39 is 4.92 Å². The molecule has 1 aliphatic heterocycles. The van der Waals surface area contributed by atoms with Crippen molar-refractivity contribution in [3.63, 3.8) is 0 Å². The summed E-state index contributed by atoms with van der Waals surface area (Å²) < 4.78 is 0. The molecule has 1 amide bonds. The van der Waals surface area contributed by atoms with Gasteiger partial charge in [0.2, 0.25) is 5.91 Å². The Hall–Kier alpha value is -1.70. The van der Waals surface area contributed by atoms with E-state index in [2.05, 4.69) is 15.1 Å². The van der Waals surface area contributed by atoms with Gasteiger partial charge in [0.15, 0.2) is 0 Å². The largest absolute Gasteiger partial charge is 0.324 e. The van der Waals surface area contributed by atoms with Crippen molar-refractivity contribution in [2.24, 2.45) is 0 Å². The minimum absolute atomic E-state index is 0.0916. The van der Waals surface area contributed by atoms with E-state index in [1.165, 1.54) is 43.9 Å². The summed E-state index contributed by atoms with van der Waals surface area (Å²) >= 11 is 6.01. The molecule has 1 aliphatic carbocycles. The number of rotatable bonds is 5. The van der Waals surface area contributed by atoms with Crippen LogP contribution in [0.3, 0.4) is 0 Å². The normalized spacial score (nSPS) is 19.9. The molecular formula is C17H23ClN4O3. The molecular weight excluding hydrogens is 344 g/mol. The lowest BCUT2D eigenvalue weighted by molar-refractivity contribution is -0.384. The van der Waals surface area contributed by atoms with E-state index in [9.17, 15) is 14.9 Å². The van der Waals surface area contributed by atoms with E-state index in [0.29, 0.717) is 12.2 Å². The number of carbonyl (C=O) groups is 1. The first-order chi connectivity index (χ1) is 12.0. The fourth-order valence-corrected chi connectivity index (χ4v) is 3.89. The second kappa shape index (κ2) is 8.12. The van der Waals surface area contributed by atoms with Gasteiger partial charge in [0.05, 0.1) is 22.2 Å². The van der Waals surface area contributed by atoms with Crippen molar-refractivity contribution < 1.29 is 9.72 Å². The van der Waals surface area contributed by atoms with Gasteiger partial charge in [-0.3, -0.25) is 24.7 Å². The highest BCUT2D eigenvalue weighted by Gasteiger charge is 2.26. The van der Waals surface area contributed by atoms with Crippen molar-refractivity contribution in [3.05, 3.63) is 33.3 Å². The molecule has 25 heavy (non-hydrogen) atoms. The standard InChI is InChI=1S/C17H23ClN4O3/c18-15-11-14(22(24)25)5-6-16(15)19-17(23)12-20-7-9-21(10-8-20)13-3-1-2-4-13/h5-6,11,13H,1-4,7-10,12H2,(H,19,23). The summed E-state index contributed by atoms with van der Waals surface area (Å²) in [5.74, 6) is -0.148. The van der Waals surface area contributed by atoms with Crippen molar-refractivity contribution in [2.75, 3.05) is 38.0 Å². The Labute approximate surface area is 152 Å².